The number of anilines is 2. The molecule has 0 saturated carbocycles. The zero-order chi connectivity index (χ0) is 17.1. The Kier molecular flexibility index (Phi) is 4.54. The molecule has 6 nitrogen and oxygen atoms in total. The van der Waals surface area contributed by atoms with Crippen LogP contribution >= 0.6 is 11.6 Å². The molecule has 0 unspecified atom stereocenters. The van der Waals surface area contributed by atoms with Crippen LogP contribution in [0.15, 0.2) is 42.5 Å². The van der Waals surface area contributed by atoms with Crippen LogP contribution in [0.25, 0.3) is 0 Å². The molecule has 2 aromatic carbocycles. The van der Waals surface area contributed by atoms with Crippen LogP contribution in [0.1, 0.15) is 5.56 Å². The summed E-state index contributed by atoms with van der Waals surface area (Å²) in [5, 5.41) is 20.9. The number of benzene rings is 2. The van der Waals surface area contributed by atoms with E-state index in [2.05, 4.69) is 4.90 Å². The van der Waals surface area contributed by atoms with Crippen LogP contribution in [0.5, 0.6) is 0 Å². The topological polar surface area (TPSA) is 73.4 Å². The first kappa shape index (κ1) is 16.1. The van der Waals surface area contributed by atoms with Gasteiger partial charge in [0.1, 0.15) is 5.69 Å². The smallest absolute Gasteiger partial charge is 0.293 e. The van der Waals surface area contributed by atoms with Crippen molar-refractivity contribution in [2.45, 2.75) is 0 Å². The molecular formula is C17H15ClN4O2. The van der Waals surface area contributed by atoms with Crippen molar-refractivity contribution >= 4 is 28.7 Å². The minimum absolute atomic E-state index is 0.0229. The summed E-state index contributed by atoms with van der Waals surface area (Å²) in [6.07, 6.45) is 0. The largest absolute Gasteiger partial charge is 0.368 e. The van der Waals surface area contributed by atoms with Gasteiger partial charge >= 0.3 is 0 Å². The highest BCUT2D eigenvalue weighted by Gasteiger charge is 2.24. The summed E-state index contributed by atoms with van der Waals surface area (Å²) >= 11 is 6.03. The molecule has 3 rings (SSSR count). The van der Waals surface area contributed by atoms with Crippen LogP contribution in [0.3, 0.4) is 0 Å². The normalized spacial score (nSPS) is 14.3. The van der Waals surface area contributed by atoms with Crippen molar-refractivity contribution < 1.29 is 4.92 Å². The van der Waals surface area contributed by atoms with Gasteiger partial charge in [0.05, 0.1) is 16.6 Å². The maximum atomic E-state index is 11.3. The molecule has 1 aliphatic heterocycles. The highest BCUT2D eigenvalue weighted by Crippen LogP contribution is 2.30. The highest BCUT2D eigenvalue weighted by atomic mass is 35.5. The Hall–Kier alpha value is -2.78. The fourth-order valence-electron chi connectivity index (χ4n) is 2.88. The Bertz CT molecular complexity index is 810. The van der Waals surface area contributed by atoms with Crippen molar-refractivity contribution in [2.75, 3.05) is 36.0 Å². The maximum Gasteiger partial charge on any atom is 0.293 e. The maximum absolute atomic E-state index is 11.3. The number of nitro benzene ring substituents is 1. The minimum atomic E-state index is -0.431. The highest BCUT2D eigenvalue weighted by molar-refractivity contribution is 6.30. The molecule has 0 N–H and O–H groups in total. The summed E-state index contributed by atoms with van der Waals surface area (Å²) in [5.41, 5.74) is 1.88. The van der Waals surface area contributed by atoms with E-state index in [1.807, 2.05) is 35.2 Å². The van der Waals surface area contributed by atoms with Crippen LogP contribution in [0.2, 0.25) is 5.02 Å². The second-order valence-electron chi connectivity index (χ2n) is 5.53. The van der Waals surface area contributed by atoms with Gasteiger partial charge in [-0.1, -0.05) is 17.7 Å². The number of hydrogen-bond donors (Lipinski definition) is 0. The van der Waals surface area contributed by atoms with E-state index in [0.717, 1.165) is 18.8 Å². The number of hydrogen-bond acceptors (Lipinski definition) is 5. The van der Waals surface area contributed by atoms with E-state index in [1.54, 1.807) is 12.1 Å². The van der Waals surface area contributed by atoms with E-state index < -0.39 is 4.92 Å². The average Bonchev–Trinajstić information content (AvgIpc) is 2.61. The van der Waals surface area contributed by atoms with Gasteiger partial charge in [0.25, 0.3) is 5.69 Å². The molecule has 1 heterocycles. The molecular weight excluding hydrogens is 328 g/mol. The molecule has 122 valence electrons. The van der Waals surface area contributed by atoms with Crippen LogP contribution in [0.4, 0.5) is 17.1 Å². The van der Waals surface area contributed by atoms with E-state index in [0.29, 0.717) is 29.4 Å². The lowest BCUT2D eigenvalue weighted by molar-refractivity contribution is -0.384. The molecule has 7 heteroatoms. The number of nitrogens with zero attached hydrogens (tertiary/aromatic N) is 4. The third-order valence-electron chi connectivity index (χ3n) is 4.09. The molecule has 0 amide bonds. The Morgan fingerprint density at radius 3 is 2.42 bits per heavy atom. The van der Waals surface area contributed by atoms with Gasteiger partial charge in [0.15, 0.2) is 0 Å². The van der Waals surface area contributed by atoms with Crippen molar-refractivity contribution in [1.82, 2.24) is 0 Å². The summed E-state index contributed by atoms with van der Waals surface area (Å²) in [4.78, 5) is 15.1. The number of nitriles is 1. The van der Waals surface area contributed by atoms with E-state index in [1.165, 1.54) is 6.07 Å². The molecule has 0 atom stereocenters. The molecule has 0 aromatic heterocycles. The number of piperazine rings is 1. The van der Waals surface area contributed by atoms with Crippen LogP contribution in [0, 0.1) is 21.4 Å². The zero-order valence-electron chi connectivity index (χ0n) is 12.9. The lowest BCUT2D eigenvalue weighted by Gasteiger charge is -2.37. The lowest BCUT2D eigenvalue weighted by Crippen LogP contribution is -2.46. The number of rotatable bonds is 3. The van der Waals surface area contributed by atoms with Crippen molar-refractivity contribution in [1.29, 1.82) is 5.26 Å². The van der Waals surface area contributed by atoms with E-state index in [9.17, 15) is 10.1 Å². The molecule has 1 aliphatic rings. The molecule has 0 aliphatic carbocycles. The molecule has 24 heavy (non-hydrogen) atoms. The third-order valence-corrected chi connectivity index (χ3v) is 4.33. The molecule has 1 saturated heterocycles. The van der Waals surface area contributed by atoms with Crippen molar-refractivity contribution in [3.8, 4) is 6.07 Å². The summed E-state index contributed by atoms with van der Waals surface area (Å²) in [7, 11) is 0. The van der Waals surface area contributed by atoms with Gasteiger partial charge in [-0.05, 0) is 30.3 Å². The summed E-state index contributed by atoms with van der Waals surface area (Å²) in [6.45, 7) is 2.83. The molecule has 0 radical (unpaired) electrons. The molecule has 2 aromatic rings. The third kappa shape index (κ3) is 3.26. The Morgan fingerprint density at radius 2 is 1.79 bits per heavy atom. The van der Waals surface area contributed by atoms with Crippen molar-refractivity contribution in [2.24, 2.45) is 0 Å². The second kappa shape index (κ2) is 6.77. The first-order chi connectivity index (χ1) is 11.6. The Labute approximate surface area is 144 Å². The van der Waals surface area contributed by atoms with Crippen LogP contribution in [-0.4, -0.2) is 31.1 Å². The fraction of sp³-hybridized carbons (Fsp3) is 0.235. The van der Waals surface area contributed by atoms with Gasteiger partial charge in [-0.2, -0.15) is 5.26 Å². The fourth-order valence-corrected chi connectivity index (χ4v) is 3.07. The zero-order valence-corrected chi connectivity index (χ0v) is 13.6. The molecule has 0 bridgehead atoms. The van der Waals surface area contributed by atoms with Gasteiger partial charge < -0.3 is 9.80 Å². The monoisotopic (exact) mass is 342 g/mol. The molecule has 1 fully saturated rings. The standard InChI is InChI=1S/C17H15ClN4O2/c18-14-2-1-3-15(11-14)20-6-8-21(9-7-20)16-5-4-13(12-19)10-17(16)22(23)24/h1-5,10-11H,6-9H2. The second-order valence-corrected chi connectivity index (χ2v) is 5.96. The number of nitro groups is 1. The van der Waals surface area contributed by atoms with Crippen molar-refractivity contribution in [3.63, 3.8) is 0 Å². The Morgan fingerprint density at radius 1 is 1.08 bits per heavy atom. The van der Waals surface area contributed by atoms with Gasteiger partial charge in [-0.15, -0.1) is 0 Å². The first-order valence-corrected chi connectivity index (χ1v) is 7.90. The SMILES string of the molecule is N#Cc1ccc(N2CCN(c3cccc(Cl)c3)CC2)c([N+](=O)[O-])c1. The summed E-state index contributed by atoms with van der Waals surface area (Å²) in [6, 6.07) is 14.2. The summed E-state index contributed by atoms with van der Waals surface area (Å²) < 4.78 is 0. The van der Waals surface area contributed by atoms with E-state index in [4.69, 9.17) is 16.9 Å². The first-order valence-electron chi connectivity index (χ1n) is 7.52. The lowest BCUT2D eigenvalue weighted by atomic mass is 10.1. The van der Waals surface area contributed by atoms with E-state index >= 15 is 0 Å². The van der Waals surface area contributed by atoms with Gasteiger partial charge in [0, 0.05) is 43.0 Å². The quantitative estimate of drug-likeness (QED) is 0.631. The van der Waals surface area contributed by atoms with Crippen LogP contribution in [-0.2, 0) is 0 Å². The average molecular weight is 343 g/mol. The number of halogens is 1. The molecule has 0 spiro atoms. The van der Waals surface area contributed by atoms with Crippen molar-refractivity contribution in [3.05, 3.63) is 63.2 Å². The predicted molar refractivity (Wildman–Crippen MR) is 93.7 cm³/mol. The van der Waals surface area contributed by atoms with Gasteiger partial charge in [-0.3, -0.25) is 10.1 Å². The minimum Gasteiger partial charge on any atom is -0.368 e. The van der Waals surface area contributed by atoms with E-state index in [-0.39, 0.29) is 5.69 Å². The Balaban J connectivity index is 1.78. The van der Waals surface area contributed by atoms with Gasteiger partial charge in [0.2, 0.25) is 0 Å². The van der Waals surface area contributed by atoms with Gasteiger partial charge in [-0.25, -0.2) is 0 Å². The predicted octanol–water partition coefficient (Wildman–Crippen LogP) is 3.45. The van der Waals surface area contributed by atoms with Crippen LogP contribution < -0.4 is 9.80 Å². The summed E-state index contributed by atoms with van der Waals surface area (Å²) in [5.74, 6) is 0.